The smallest absolute Gasteiger partial charge is 0.0923 e. The van der Waals surface area contributed by atoms with Gasteiger partial charge in [-0.25, -0.2) is 4.99 Å². The van der Waals surface area contributed by atoms with Gasteiger partial charge in [0, 0.05) is 12.3 Å². The summed E-state index contributed by atoms with van der Waals surface area (Å²) < 4.78 is 6.73. The molecule has 1 aliphatic heterocycles. The molecule has 0 amide bonds. The molecule has 3 rings (SSSR count). The van der Waals surface area contributed by atoms with Gasteiger partial charge in [-0.2, -0.15) is 7.05 Å². The molecular weight excluding hydrogens is 392 g/mol. The lowest BCUT2D eigenvalue weighted by atomic mass is 9.51. The summed E-state index contributed by atoms with van der Waals surface area (Å²) in [5, 5.41) is 16.0. The van der Waals surface area contributed by atoms with Gasteiger partial charge in [-0.05, 0) is 90.8 Å². The van der Waals surface area contributed by atoms with Crippen LogP contribution in [0, 0.1) is 24.8 Å². The zero-order valence-corrected chi connectivity index (χ0v) is 19.6. The van der Waals surface area contributed by atoms with E-state index in [-0.39, 0.29) is 40.0 Å². The highest BCUT2D eigenvalue weighted by atomic mass is 35.5. The Morgan fingerprint density at radius 2 is 1.75 bits per heavy atom. The number of thiocarbonyl (C=S) groups is 1. The second-order valence-corrected chi connectivity index (χ2v) is 11.3. The number of aliphatic hydroxyl groups is 1. The van der Waals surface area contributed by atoms with Gasteiger partial charge < -0.3 is 15.2 Å². The van der Waals surface area contributed by atoms with Crippen molar-refractivity contribution in [1.82, 2.24) is 0 Å². The number of hydrogen-bond donors (Lipinski definition) is 2. The number of nitrogens with zero attached hydrogens (tertiary/aromatic N) is 1. The molecule has 1 heterocycles. The molecule has 8 atom stereocenters. The number of hydrogen-bond acceptors (Lipinski definition) is 4. The molecule has 0 radical (unpaired) electrons. The van der Waals surface area contributed by atoms with E-state index in [0.29, 0.717) is 5.92 Å². The van der Waals surface area contributed by atoms with Gasteiger partial charge in [-0.3, -0.25) is 0 Å². The Hall–Kier alpha value is -0.0300. The van der Waals surface area contributed by atoms with Gasteiger partial charge in [0.2, 0.25) is 0 Å². The van der Waals surface area contributed by atoms with E-state index in [1.807, 2.05) is 6.92 Å². The van der Waals surface area contributed by atoms with Crippen LogP contribution in [0.4, 0.5) is 0 Å². The van der Waals surface area contributed by atoms with Crippen molar-refractivity contribution in [2.24, 2.45) is 22.7 Å². The van der Waals surface area contributed by atoms with E-state index in [0.717, 1.165) is 38.5 Å². The lowest BCUT2D eigenvalue weighted by Crippen LogP contribution is -2.94. The number of rotatable bonds is 3. The molecule has 0 aromatic carbocycles. The van der Waals surface area contributed by atoms with Crippen LogP contribution in [0.3, 0.4) is 0 Å². The summed E-state index contributed by atoms with van der Waals surface area (Å²) >= 11 is 11.6. The maximum absolute atomic E-state index is 11.2. The van der Waals surface area contributed by atoms with E-state index >= 15 is 0 Å². The van der Waals surface area contributed by atoms with Crippen molar-refractivity contribution in [2.75, 3.05) is 0 Å². The highest BCUT2D eigenvalue weighted by molar-refractivity contribution is 7.78. The normalized spacial score (nSPS) is 51.1. The maximum atomic E-state index is 11.2. The molecular formula is C22H37ClN2O2S. The van der Waals surface area contributed by atoms with Crippen molar-refractivity contribution in [1.29, 1.82) is 0 Å². The van der Waals surface area contributed by atoms with Crippen molar-refractivity contribution >= 4 is 29.0 Å². The quantitative estimate of drug-likeness (QED) is 0.312. The minimum atomic E-state index is -0.875. The summed E-state index contributed by atoms with van der Waals surface area (Å²) in [5.74, 6) is 0.875. The summed E-state index contributed by atoms with van der Waals surface area (Å²) in [7, 11) is 4.16. The second kappa shape index (κ2) is 7.59. The van der Waals surface area contributed by atoms with Crippen LogP contribution < -0.4 is 5.32 Å². The van der Waals surface area contributed by atoms with Crippen LogP contribution in [-0.4, -0.2) is 44.0 Å². The second-order valence-electron chi connectivity index (χ2n) is 10.6. The molecule has 6 heteroatoms. The minimum Gasteiger partial charge on any atom is -0.474 e. The molecule has 3 aliphatic rings. The standard InChI is InChI=1S/C22H37ClN2O2S/c1-19(2)16(23)9-12-22(5,27-19)15-7-10-20(3,24-6)14-8-11-21(4,26)18(17(14)15)25-13-28/h14-18,26H,6-12,24H2,1-5H3/t14-,15-,16-,17-,18+,20-,21+,22+/m0/s1. The Labute approximate surface area is 180 Å². The minimum absolute atomic E-state index is 0.0164. The lowest BCUT2D eigenvalue weighted by molar-refractivity contribution is -0.688. The van der Waals surface area contributed by atoms with Crippen molar-refractivity contribution in [3.63, 3.8) is 0 Å². The molecule has 0 bridgehead atoms. The molecule has 0 aromatic heterocycles. The Bertz CT molecular complexity index is 650. The highest BCUT2D eigenvalue weighted by Gasteiger charge is 2.61. The molecule has 0 aromatic rings. The van der Waals surface area contributed by atoms with Gasteiger partial charge >= 0.3 is 0 Å². The summed E-state index contributed by atoms with van der Waals surface area (Å²) in [6.45, 7) is 10.7. The largest absolute Gasteiger partial charge is 0.474 e. The van der Waals surface area contributed by atoms with E-state index in [1.165, 1.54) is 0 Å². The third-order valence-corrected chi connectivity index (χ3v) is 9.17. The van der Waals surface area contributed by atoms with E-state index in [2.05, 4.69) is 50.2 Å². The fourth-order valence-corrected chi connectivity index (χ4v) is 6.79. The number of isothiocyanates is 1. The predicted molar refractivity (Wildman–Crippen MR) is 117 cm³/mol. The average molecular weight is 429 g/mol. The van der Waals surface area contributed by atoms with Gasteiger partial charge in [0.25, 0.3) is 0 Å². The Balaban J connectivity index is 2.04. The fourth-order valence-electron chi connectivity index (χ4n) is 6.52. The number of ether oxygens (including phenoxy) is 1. The number of quaternary nitrogens is 1. The first-order valence-electron chi connectivity index (χ1n) is 10.7. The van der Waals surface area contributed by atoms with Gasteiger partial charge in [0.1, 0.15) is 0 Å². The first-order chi connectivity index (χ1) is 12.9. The molecule has 2 aliphatic carbocycles. The van der Waals surface area contributed by atoms with Crippen LogP contribution in [0.2, 0.25) is 0 Å². The topological polar surface area (TPSA) is 58.4 Å². The average Bonchev–Trinajstić information content (AvgIpc) is 2.60. The van der Waals surface area contributed by atoms with Gasteiger partial charge in [-0.1, -0.05) is 0 Å². The van der Waals surface area contributed by atoms with Crippen molar-refractivity contribution in [2.45, 2.75) is 107 Å². The third kappa shape index (κ3) is 3.72. The first-order valence-corrected chi connectivity index (χ1v) is 11.5. The van der Waals surface area contributed by atoms with Gasteiger partial charge in [0.05, 0.1) is 38.9 Å². The van der Waals surface area contributed by atoms with Crippen LogP contribution in [0.15, 0.2) is 4.99 Å². The number of fused-ring (bicyclic) bond motifs is 1. The molecule has 2 saturated carbocycles. The molecule has 0 unspecified atom stereocenters. The molecule has 0 spiro atoms. The van der Waals surface area contributed by atoms with E-state index in [9.17, 15) is 5.11 Å². The van der Waals surface area contributed by atoms with Gasteiger partial charge in [-0.15, -0.1) is 11.6 Å². The molecule has 28 heavy (non-hydrogen) atoms. The Morgan fingerprint density at radius 3 is 2.32 bits per heavy atom. The van der Waals surface area contributed by atoms with Crippen LogP contribution in [0.25, 0.3) is 0 Å². The zero-order chi connectivity index (χ0) is 21.0. The molecule has 1 saturated heterocycles. The zero-order valence-electron chi connectivity index (χ0n) is 18.0. The highest BCUT2D eigenvalue weighted by Crippen LogP contribution is 2.56. The summed E-state index contributed by atoms with van der Waals surface area (Å²) in [5.41, 5.74) is -1.49. The van der Waals surface area contributed by atoms with Crippen molar-refractivity contribution in [3.8, 4) is 0 Å². The van der Waals surface area contributed by atoms with E-state index < -0.39 is 5.60 Å². The first kappa shape index (κ1) is 22.7. The van der Waals surface area contributed by atoms with E-state index in [1.54, 1.807) is 0 Å². The molecule has 3 fully saturated rings. The third-order valence-electron chi connectivity index (χ3n) is 8.32. The number of nitrogens with two attached hydrogens (primary N) is 1. The fraction of sp³-hybridized carbons (Fsp3) is 0.909. The Morgan fingerprint density at radius 1 is 1.11 bits per heavy atom. The summed E-state index contributed by atoms with van der Waals surface area (Å²) in [4.78, 5) is 4.55. The van der Waals surface area contributed by atoms with E-state index in [4.69, 9.17) is 28.6 Å². The number of aliphatic imine (C=N–C) groups is 1. The van der Waals surface area contributed by atoms with Crippen molar-refractivity contribution < 1.29 is 15.2 Å². The Kier molecular flexibility index (Phi) is 6.14. The number of halogens is 1. The van der Waals surface area contributed by atoms with Crippen LogP contribution in [0.1, 0.15) is 73.1 Å². The lowest BCUT2D eigenvalue weighted by Gasteiger charge is -2.61. The number of alkyl halides is 1. The SMILES string of the molecule is [CH2-][NH2+][C@@]1(C)CC[C@H]([C@@]2(C)CC[C@H](Cl)C(C)(C)O2)[C@H]2[C@@H](N=C=S)[C@](C)(O)CC[C@@H]21. The van der Waals surface area contributed by atoms with Crippen LogP contribution in [-0.2, 0) is 4.74 Å². The monoisotopic (exact) mass is 428 g/mol. The summed E-state index contributed by atoms with van der Waals surface area (Å²) in [6, 6.07) is -0.259. The predicted octanol–water partition coefficient (Wildman–Crippen LogP) is 3.71. The molecule has 160 valence electrons. The molecule has 3 N–H and O–H groups in total. The summed E-state index contributed by atoms with van der Waals surface area (Å²) in [6.07, 6.45) is 5.68. The van der Waals surface area contributed by atoms with Crippen LogP contribution in [0.5, 0.6) is 0 Å². The van der Waals surface area contributed by atoms with Crippen LogP contribution >= 0.6 is 23.8 Å². The molecule has 4 nitrogen and oxygen atoms in total. The van der Waals surface area contributed by atoms with Crippen molar-refractivity contribution in [3.05, 3.63) is 7.05 Å². The maximum Gasteiger partial charge on any atom is 0.0923 e. The van der Waals surface area contributed by atoms with Gasteiger partial charge in [0.15, 0.2) is 0 Å².